The van der Waals surface area contributed by atoms with Crippen LogP contribution in [0.3, 0.4) is 0 Å². The van der Waals surface area contributed by atoms with Crippen molar-refractivity contribution in [3.8, 4) is 0 Å². The molecule has 1 saturated heterocycles. The Balaban J connectivity index is 1.84. The van der Waals surface area contributed by atoms with Crippen molar-refractivity contribution < 1.29 is 4.74 Å². The van der Waals surface area contributed by atoms with Gasteiger partial charge in [-0.3, -0.25) is 0 Å². The van der Waals surface area contributed by atoms with Crippen LogP contribution in [0.25, 0.3) is 0 Å². The van der Waals surface area contributed by atoms with E-state index in [9.17, 15) is 0 Å². The first-order chi connectivity index (χ1) is 9.23. The fraction of sp³-hybridized carbons (Fsp3) is 0.800. The van der Waals surface area contributed by atoms with E-state index in [-0.39, 0.29) is 11.1 Å². The highest BCUT2D eigenvalue weighted by molar-refractivity contribution is 5.30. The molecule has 0 amide bonds. The number of ether oxygens (including phenoxy) is 1. The molecule has 2 heterocycles. The van der Waals surface area contributed by atoms with Gasteiger partial charge in [-0.1, -0.05) is 0 Å². The van der Waals surface area contributed by atoms with Crippen molar-refractivity contribution in [3.05, 3.63) is 11.9 Å². The number of H-pyrrole nitrogens is 1. The number of aromatic amines is 1. The summed E-state index contributed by atoms with van der Waals surface area (Å²) in [7, 11) is 0. The van der Waals surface area contributed by atoms with E-state index in [0.717, 1.165) is 37.8 Å². The molecule has 0 spiro atoms. The van der Waals surface area contributed by atoms with Crippen LogP contribution in [0.2, 0.25) is 0 Å². The van der Waals surface area contributed by atoms with Gasteiger partial charge in [-0.2, -0.15) is 0 Å². The summed E-state index contributed by atoms with van der Waals surface area (Å²) in [5.74, 6) is 1.52. The Morgan fingerprint density at radius 1 is 1.30 bits per heavy atom. The lowest BCUT2D eigenvalue weighted by Crippen LogP contribution is -2.47. The number of imidazole rings is 1. The number of hydrogen-bond acceptors (Lipinski definition) is 4. The van der Waals surface area contributed by atoms with Crippen LogP contribution in [0, 0.1) is 5.92 Å². The average Bonchev–Trinajstić information content (AvgIpc) is 2.58. The molecule has 2 rings (SSSR count). The molecule has 3 N–H and O–H groups in total. The lowest BCUT2D eigenvalue weighted by atomic mass is 9.97. The van der Waals surface area contributed by atoms with Gasteiger partial charge >= 0.3 is 0 Å². The molecule has 1 aromatic rings. The Morgan fingerprint density at radius 2 is 2.00 bits per heavy atom. The van der Waals surface area contributed by atoms with Crippen LogP contribution in [-0.4, -0.2) is 40.8 Å². The van der Waals surface area contributed by atoms with E-state index in [1.54, 1.807) is 0 Å². The molecule has 5 heteroatoms. The summed E-state index contributed by atoms with van der Waals surface area (Å²) in [5, 5.41) is 6.97. The molecular weight excluding hydrogens is 252 g/mol. The first-order valence-corrected chi connectivity index (χ1v) is 7.38. The van der Waals surface area contributed by atoms with Crippen molar-refractivity contribution in [2.45, 2.75) is 52.1 Å². The minimum Gasteiger partial charge on any atom is -0.381 e. The largest absolute Gasteiger partial charge is 0.381 e. The van der Waals surface area contributed by atoms with E-state index in [0.29, 0.717) is 5.92 Å². The van der Waals surface area contributed by atoms with Crippen LogP contribution in [-0.2, 0) is 11.2 Å². The fourth-order valence-electron chi connectivity index (χ4n) is 2.23. The molecule has 0 unspecified atom stereocenters. The van der Waals surface area contributed by atoms with Crippen molar-refractivity contribution in [1.82, 2.24) is 15.3 Å². The van der Waals surface area contributed by atoms with Crippen molar-refractivity contribution in [2.24, 2.45) is 5.92 Å². The number of nitrogens with zero attached hydrogens (tertiary/aromatic N) is 1. The van der Waals surface area contributed by atoms with E-state index < -0.39 is 0 Å². The zero-order valence-corrected chi connectivity index (χ0v) is 13.3. The third-order valence-corrected chi connectivity index (χ3v) is 3.33. The standard InChI is InChI=1S/C15H28N4O/c1-14(2,3)19-13-16-8-12(18-13)6-15(4,5)17-7-11-9-20-10-11/h8,11,17H,6-7,9-10H2,1-5H3,(H2,16,18,19). The lowest BCUT2D eigenvalue weighted by Gasteiger charge is -2.32. The molecule has 114 valence electrons. The van der Waals surface area contributed by atoms with Crippen LogP contribution >= 0.6 is 0 Å². The first kappa shape index (κ1) is 15.3. The van der Waals surface area contributed by atoms with E-state index in [1.165, 1.54) is 0 Å². The zero-order chi connectivity index (χ0) is 14.8. The van der Waals surface area contributed by atoms with Gasteiger partial charge in [0.15, 0.2) is 0 Å². The first-order valence-electron chi connectivity index (χ1n) is 7.38. The smallest absolute Gasteiger partial charge is 0.200 e. The third kappa shape index (κ3) is 4.80. The number of anilines is 1. The lowest BCUT2D eigenvalue weighted by molar-refractivity contribution is -0.0331. The topological polar surface area (TPSA) is 62.0 Å². The van der Waals surface area contributed by atoms with Gasteiger partial charge in [0, 0.05) is 35.7 Å². The normalized spacial score (nSPS) is 17.1. The molecule has 0 aliphatic carbocycles. The highest BCUT2D eigenvalue weighted by Gasteiger charge is 2.24. The minimum absolute atomic E-state index is 0.0209. The van der Waals surface area contributed by atoms with Crippen LogP contribution in [0.4, 0.5) is 5.95 Å². The summed E-state index contributed by atoms with van der Waals surface area (Å²) in [5.41, 5.74) is 1.23. The number of rotatable bonds is 6. The highest BCUT2D eigenvalue weighted by Crippen LogP contribution is 2.16. The van der Waals surface area contributed by atoms with Crippen molar-refractivity contribution in [1.29, 1.82) is 0 Å². The van der Waals surface area contributed by atoms with Gasteiger partial charge in [-0.15, -0.1) is 0 Å². The quantitative estimate of drug-likeness (QED) is 0.747. The van der Waals surface area contributed by atoms with E-state index in [4.69, 9.17) is 4.74 Å². The van der Waals surface area contributed by atoms with Crippen molar-refractivity contribution >= 4 is 5.95 Å². The summed E-state index contributed by atoms with van der Waals surface area (Å²) in [6, 6.07) is 0. The van der Waals surface area contributed by atoms with Crippen LogP contribution < -0.4 is 10.6 Å². The molecule has 1 aliphatic rings. The fourth-order valence-corrected chi connectivity index (χ4v) is 2.23. The highest BCUT2D eigenvalue weighted by atomic mass is 16.5. The monoisotopic (exact) mass is 280 g/mol. The van der Waals surface area contributed by atoms with Gasteiger partial charge in [0.2, 0.25) is 5.95 Å². The predicted molar refractivity (Wildman–Crippen MR) is 82.1 cm³/mol. The molecule has 5 nitrogen and oxygen atoms in total. The van der Waals surface area contributed by atoms with Gasteiger partial charge in [0.25, 0.3) is 0 Å². The van der Waals surface area contributed by atoms with Gasteiger partial charge in [-0.05, 0) is 34.6 Å². The molecule has 0 bridgehead atoms. The maximum Gasteiger partial charge on any atom is 0.200 e. The molecule has 1 aromatic heterocycles. The second-order valence-corrected chi connectivity index (χ2v) is 7.48. The van der Waals surface area contributed by atoms with Gasteiger partial charge in [0.05, 0.1) is 19.4 Å². The molecule has 20 heavy (non-hydrogen) atoms. The van der Waals surface area contributed by atoms with Gasteiger partial charge in [0.1, 0.15) is 0 Å². The summed E-state index contributed by atoms with van der Waals surface area (Å²) >= 11 is 0. The van der Waals surface area contributed by atoms with Crippen LogP contribution in [0.15, 0.2) is 6.20 Å². The van der Waals surface area contributed by atoms with E-state index in [1.807, 2.05) is 6.20 Å². The number of hydrogen-bond donors (Lipinski definition) is 3. The second-order valence-electron chi connectivity index (χ2n) is 7.48. The van der Waals surface area contributed by atoms with Crippen LogP contribution in [0.5, 0.6) is 0 Å². The predicted octanol–water partition coefficient (Wildman–Crippen LogP) is 2.18. The number of nitrogens with one attached hydrogen (secondary N) is 3. The minimum atomic E-state index is 0.0209. The molecule has 0 radical (unpaired) electrons. The Kier molecular flexibility index (Phi) is 4.39. The molecule has 0 aromatic carbocycles. The van der Waals surface area contributed by atoms with E-state index in [2.05, 4.69) is 55.2 Å². The molecule has 0 saturated carbocycles. The molecule has 1 fully saturated rings. The molecular formula is C15H28N4O. The summed E-state index contributed by atoms with van der Waals surface area (Å²) < 4.78 is 5.20. The molecule has 1 aliphatic heterocycles. The Hall–Kier alpha value is -1.07. The number of aromatic nitrogens is 2. The zero-order valence-electron chi connectivity index (χ0n) is 13.3. The van der Waals surface area contributed by atoms with Gasteiger partial charge in [-0.25, -0.2) is 4.98 Å². The summed E-state index contributed by atoms with van der Waals surface area (Å²) in [4.78, 5) is 7.75. The Bertz CT molecular complexity index is 429. The SMILES string of the molecule is CC(C)(C)Nc1ncc(CC(C)(C)NCC2COC2)[nH]1. The van der Waals surface area contributed by atoms with Crippen molar-refractivity contribution in [2.75, 3.05) is 25.1 Å². The van der Waals surface area contributed by atoms with Gasteiger partial charge < -0.3 is 20.4 Å². The van der Waals surface area contributed by atoms with Crippen LogP contribution in [0.1, 0.15) is 40.3 Å². The Morgan fingerprint density at radius 3 is 2.55 bits per heavy atom. The Labute approximate surface area is 121 Å². The molecule has 0 atom stereocenters. The summed E-state index contributed by atoms with van der Waals surface area (Å²) in [6.07, 6.45) is 2.85. The third-order valence-electron chi connectivity index (χ3n) is 3.33. The van der Waals surface area contributed by atoms with E-state index >= 15 is 0 Å². The summed E-state index contributed by atoms with van der Waals surface area (Å²) in [6.45, 7) is 13.6. The second kappa shape index (κ2) is 5.74. The average molecular weight is 280 g/mol. The maximum atomic E-state index is 5.20. The maximum absolute atomic E-state index is 5.20. The van der Waals surface area contributed by atoms with Crippen molar-refractivity contribution in [3.63, 3.8) is 0 Å².